The van der Waals surface area contributed by atoms with Crippen LogP contribution in [0.15, 0.2) is 29.4 Å². The number of carbonyl (C=O) groups excluding carboxylic acids is 1. The molecule has 25 heavy (non-hydrogen) atoms. The minimum atomic E-state index is -0.00159. The van der Waals surface area contributed by atoms with Gasteiger partial charge in [0.2, 0.25) is 11.1 Å². The van der Waals surface area contributed by atoms with Crippen molar-refractivity contribution in [2.45, 2.75) is 50.7 Å². The van der Waals surface area contributed by atoms with Crippen LogP contribution in [-0.2, 0) is 4.79 Å². The summed E-state index contributed by atoms with van der Waals surface area (Å²) in [5, 5.41) is 15.3. The Morgan fingerprint density at radius 2 is 2.08 bits per heavy atom. The van der Waals surface area contributed by atoms with Crippen LogP contribution in [0.2, 0.25) is 0 Å². The summed E-state index contributed by atoms with van der Waals surface area (Å²) in [6, 6.07) is 7.62. The SMILES string of the molecule is CCCCC[C@@H](C)NC(=O)CSc1nnnn1-c1ccc(OC)cc1. The number of hydrogen-bond acceptors (Lipinski definition) is 6. The largest absolute Gasteiger partial charge is 0.497 e. The number of thioether (sulfide) groups is 1. The van der Waals surface area contributed by atoms with Crippen LogP contribution >= 0.6 is 11.8 Å². The molecule has 0 saturated carbocycles. The Bertz CT molecular complexity index is 659. The summed E-state index contributed by atoms with van der Waals surface area (Å²) in [5.74, 6) is 1.05. The van der Waals surface area contributed by atoms with Gasteiger partial charge in [-0.15, -0.1) is 5.10 Å². The summed E-state index contributed by atoms with van der Waals surface area (Å²) < 4.78 is 6.76. The standard InChI is InChI=1S/C17H25N5O2S/c1-4-5-6-7-13(2)18-16(23)12-25-17-19-20-21-22(17)14-8-10-15(24-3)11-9-14/h8-11,13H,4-7,12H2,1-3H3,(H,18,23)/t13-/m1/s1. The second-order valence-electron chi connectivity index (χ2n) is 5.82. The van der Waals surface area contributed by atoms with Crippen LogP contribution in [0.25, 0.3) is 5.69 Å². The van der Waals surface area contributed by atoms with Gasteiger partial charge in [-0.2, -0.15) is 4.68 Å². The minimum absolute atomic E-state index is 0.00159. The molecule has 0 aliphatic heterocycles. The van der Waals surface area contributed by atoms with E-state index in [4.69, 9.17) is 4.74 Å². The van der Waals surface area contributed by atoms with Gasteiger partial charge in [0, 0.05) is 6.04 Å². The Kier molecular flexibility index (Phi) is 7.72. The van der Waals surface area contributed by atoms with Crippen molar-refractivity contribution in [3.63, 3.8) is 0 Å². The van der Waals surface area contributed by atoms with E-state index in [-0.39, 0.29) is 17.7 Å². The third-order valence-electron chi connectivity index (χ3n) is 3.74. The summed E-state index contributed by atoms with van der Waals surface area (Å²) in [6.45, 7) is 4.21. The first-order chi connectivity index (χ1) is 12.1. The number of nitrogens with zero attached hydrogens (tertiary/aromatic N) is 4. The molecule has 1 aromatic heterocycles. The van der Waals surface area contributed by atoms with Crippen molar-refractivity contribution in [2.75, 3.05) is 12.9 Å². The Morgan fingerprint density at radius 3 is 2.76 bits per heavy atom. The normalized spacial score (nSPS) is 12.0. The van der Waals surface area contributed by atoms with E-state index < -0.39 is 0 Å². The summed E-state index contributed by atoms with van der Waals surface area (Å²) in [4.78, 5) is 12.1. The predicted molar refractivity (Wildman–Crippen MR) is 98.2 cm³/mol. The summed E-state index contributed by atoms with van der Waals surface area (Å²) in [7, 11) is 1.62. The monoisotopic (exact) mass is 363 g/mol. The number of rotatable bonds is 10. The maximum Gasteiger partial charge on any atom is 0.230 e. The van der Waals surface area contributed by atoms with Gasteiger partial charge in [0.25, 0.3) is 0 Å². The average molecular weight is 363 g/mol. The summed E-state index contributed by atoms with van der Waals surface area (Å²) in [6.07, 6.45) is 4.53. The number of nitrogens with one attached hydrogen (secondary N) is 1. The van der Waals surface area contributed by atoms with Crippen molar-refractivity contribution in [1.82, 2.24) is 25.5 Å². The number of benzene rings is 1. The highest BCUT2D eigenvalue weighted by molar-refractivity contribution is 7.99. The Labute approximate surface area is 152 Å². The smallest absolute Gasteiger partial charge is 0.230 e. The van der Waals surface area contributed by atoms with Crippen LogP contribution in [0.5, 0.6) is 5.75 Å². The Balaban J connectivity index is 1.87. The van der Waals surface area contributed by atoms with Crippen LogP contribution in [-0.4, -0.2) is 45.0 Å². The topological polar surface area (TPSA) is 81.9 Å². The lowest BCUT2D eigenvalue weighted by atomic mass is 10.1. The van der Waals surface area contributed by atoms with E-state index in [9.17, 15) is 4.79 Å². The third kappa shape index (κ3) is 6.04. The molecule has 1 amide bonds. The molecule has 8 heteroatoms. The molecule has 1 atom stereocenters. The Morgan fingerprint density at radius 1 is 1.32 bits per heavy atom. The molecule has 2 rings (SSSR count). The fourth-order valence-electron chi connectivity index (χ4n) is 2.37. The van der Waals surface area contributed by atoms with E-state index in [2.05, 4.69) is 27.8 Å². The van der Waals surface area contributed by atoms with Gasteiger partial charge < -0.3 is 10.1 Å². The van der Waals surface area contributed by atoms with Gasteiger partial charge in [0.05, 0.1) is 18.6 Å². The first-order valence-corrected chi connectivity index (χ1v) is 9.47. The number of tetrazole rings is 1. The average Bonchev–Trinajstić information content (AvgIpc) is 3.09. The zero-order valence-electron chi connectivity index (χ0n) is 14.9. The first-order valence-electron chi connectivity index (χ1n) is 8.49. The number of ether oxygens (including phenoxy) is 1. The molecule has 136 valence electrons. The highest BCUT2D eigenvalue weighted by Crippen LogP contribution is 2.20. The lowest BCUT2D eigenvalue weighted by Gasteiger charge is -2.13. The zero-order valence-corrected chi connectivity index (χ0v) is 15.8. The molecule has 1 heterocycles. The van der Waals surface area contributed by atoms with Gasteiger partial charge in [-0.05, 0) is 48.0 Å². The number of carbonyl (C=O) groups is 1. The quantitative estimate of drug-likeness (QED) is 0.516. The third-order valence-corrected chi connectivity index (χ3v) is 4.66. The number of aromatic nitrogens is 4. The second-order valence-corrected chi connectivity index (χ2v) is 6.77. The van der Waals surface area contributed by atoms with Crippen molar-refractivity contribution in [3.8, 4) is 11.4 Å². The molecular weight excluding hydrogens is 338 g/mol. The molecular formula is C17H25N5O2S. The highest BCUT2D eigenvalue weighted by Gasteiger charge is 2.13. The zero-order chi connectivity index (χ0) is 18.1. The lowest BCUT2D eigenvalue weighted by Crippen LogP contribution is -2.33. The van der Waals surface area contributed by atoms with E-state index in [1.165, 1.54) is 24.6 Å². The lowest BCUT2D eigenvalue weighted by molar-refractivity contribution is -0.119. The maximum atomic E-state index is 12.1. The van der Waals surface area contributed by atoms with Gasteiger partial charge in [0.15, 0.2) is 0 Å². The van der Waals surface area contributed by atoms with Crippen molar-refractivity contribution in [2.24, 2.45) is 0 Å². The van der Waals surface area contributed by atoms with E-state index in [1.54, 1.807) is 11.8 Å². The molecule has 7 nitrogen and oxygen atoms in total. The van der Waals surface area contributed by atoms with Gasteiger partial charge >= 0.3 is 0 Å². The van der Waals surface area contributed by atoms with Crippen molar-refractivity contribution in [3.05, 3.63) is 24.3 Å². The molecule has 0 radical (unpaired) electrons. The van der Waals surface area contributed by atoms with Crippen LogP contribution in [0, 0.1) is 0 Å². The van der Waals surface area contributed by atoms with Gasteiger partial charge in [-0.3, -0.25) is 4.79 Å². The molecule has 1 aromatic carbocycles. The fraction of sp³-hybridized carbons (Fsp3) is 0.529. The Hall–Kier alpha value is -2.09. The van der Waals surface area contributed by atoms with Crippen molar-refractivity contribution < 1.29 is 9.53 Å². The first kappa shape index (κ1) is 19.2. The van der Waals surface area contributed by atoms with Crippen LogP contribution < -0.4 is 10.1 Å². The molecule has 1 N–H and O–H groups in total. The van der Waals surface area contributed by atoms with E-state index in [0.717, 1.165) is 24.3 Å². The predicted octanol–water partition coefficient (Wildman–Crippen LogP) is 2.85. The van der Waals surface area contributed by atoms with Crippen molar-refractivity contribution >= 4 is 17.7 Å². The number of hydrogen-bond donors (Lipinski definition) is 1. The highest BCUT2D eigenvalue weighted by atomic mass is 32.2. The number of unbranched alkanes of at least 4 members (excludes halogenated alkanes) is 2. The van der Waals surface area contributed by atoms with Gasteiger partial charge in [-0.25, -0.2) is 0 Å². The van der Waals surface area contributed by atoms with Gasteiger partial charge in [0.1, 0.15) is 5.75 Å². The molecule has 0 aliphatic rings. The molecule has 0 unspecified atom stereocenters. The van der Waals surface area contributed by atoms with Crippen LogP contribution in [0.3, 0.4) is 0 Å². The molecule has 0 fully saturated rings. The van der Waals surface area contributed by atoms with Gasteiger partial charge in [-0.1, -0.05) is 37.9 Å². The molecule has 0 spiro atoms. The summed E-state index contributed by atoms with van der Waals surface area (Å²) in [5.41, 5.74) is 0.821. The molecule has 0 aliphatic carbocycles. The number of methoxy groups -OCH3 is 1. The van der Waals surface area contributed by atoms with E-state index in [1.807, 2.05) is 31.2 Å². The number of amides is 1. The second kappa shape index (κ2) is 10.0. The minimum Gasteiger partial charge on any atom is -0.497 e. The van der Waals surface area contributed by atoms with E-state index in [0.29, 0.717) is 5.16 Å². The summed E-state index contributed by atoms with van der Waals surface area (Å²) >= 11 is 1.32. The fourth-order valence-corrected chi connectivity index (χ4v) is 3.08. The maximum absolute atomic E-state index is 12.1. The van der Waals surface area contributed by atoms with Crippen LogP contribution in [0.4, 0.5) is 0 Å². The van der Waals surface area contributed by atoms with Crippen LogP contribution in [0.1, 0.15) is 39.5 Å². The van der Waals surface area contributed by atoms with E-state index >= 15 is 0 Å². The molecule has 0 saturated heterocycles. The molecule has 0 bridgehead atoms. The van der Waals surface area contributed by atoms with Crippen molar-refractivity contribution in [1.29, 1.82) is 0 Å². The molecule has 2 aromatic rings.